The lowest BCUT2D eigenvalue weighted by atomic mass is 10.0. The summed E-state index contributed by atoms with van der Waals surface area (Å²) in [5.41, 5.74) is 6.98. The normalized spacial score (nSPS) is 20.5. The molecule has 0 amide bonds. The van der Waals surface area contributed by atoms with Crippen molar-refractivity contribution in [1.29, 1.82) is 0 Å². The predicted molar refractivity (Wildman–Crippen MR) is 94.8 cm³/mol. The summed E-state index contributed by atoms with van der Waals surface area (Å²) >= 11 is 0. The topological polar surface area (TPSA) is 95.5 Å². The Balaban J connectivity index is 0.000000188. The molecule has 4 rings (SSSR count). The lowest BCUT2D eigenvalue weighted by Crippen LogP contribution is -2.29. The van der Waals surface area contributed by atoms with Crippen LogP contribution < -0.4 is 5.73 Å². The molecule has 4 aliphatic rings. The van der Waals surface area contributed by atoms with Crippen LogP contribution in [0, 0.1) is 0 Å². The number of ketones is 2. The van der Waals surface area contributed by atoms with Crippen LogP contribution in [0.4, 0.5) is 0 Å². The van der Waals surface area contributed by atoms with Crippen molar-refractivity contribution in [3.05, 3.63) is 23.2 Å². The zero-order valence-electron chi connectivity index (χ0n) is 15.2. The number of rotatable bonds is 7. The van der Waals surface area contributed by atoms with Gasteiger partial charge in [0, 0.05) is 58.3 Å². The number of nitrogens with zero attached hydrogens (tertiary/aromatic N) is 3. The summed E-state index contributed by atoms with van der Waals surface area (Å²) in [6.45, 7) is 8.10. The maximum absolute atomic E-state index is 12.4. The van der Waals surface area contributed by atoms with Crippen molar-refractivity contribution in [3.63, 3.8) is 0 Å². The van der Waals surface area contributed by atoms with E-state index in [1.165, 1.54) is 6.08 Å². The summed E-state index contributed by atoms with van der Waals surface area (Å²) in [6, 6.07) is 0. The largest absolute Gasteiger partial charge is 0.464 e. The minimum Gasteiger partial charge on any atom is -0.464 e. The maximum atomic E-state index is 12.4. The van der Waals surface area contributed by atoms with Crippen LogP contribution >= 0.6 is 0 Å². The fraction of sp³-hybridized carbons (Fsp3) is 0.611. The number of carbonyl (C=O) groups excluding carboxylic acids is 3. The third-order valence-corrected chi connectivity index (χ3v) is 4.32. The summed E-state index contributed by atoms with van der Waals surface area (Å²) in [5, 5.41) is 0. The Labute approximate surface area is 153 Å². The average molecular weight is 362 g/mol. The molecule has 0 aromatic carbocycles. The van der Waals surface area contributed by atoms with Crippen LogP contribution in [0.1, 0.15) is 19.8 Å². The Morgan fingerprint density at radius 3 is 2.12 bits per heavy atom. The third-order valence-electron chi connectivity index (χ3n) is 4.32. The van der Waals surface area contributed by atoms with Crippen molar-refractivity contribution in [2.75, 3.05) is 52.4 Å². The molecule has 0 aromatic rings. The lowest BCUT2D eigenvalue weighted by Gasteiger charge is -2.21. The SMILES string of the molecule is CCCC(=O)OCCN.O=C1C=C(N2CC2)C(=O)C(N2CC2)=C1N1CC1. The predicted octanol–water partition coefficient (Wildman–Crippen LogP) is -0.531. The van der Waals surface area contributed by atoms with Crippen molar-refractivity contribution < 1.29 is 19.1 Å². The number of nitrogens with two attached hydrogens (primary N) is 1. The quantitative estimate of drug-likeness (QED) is 0.367. The molecule has 142 valence electrons. The number of esters is 1. The van der Waals surface area contributed by atoms with Gasteiger partial charge in [-0.2, -0.15) is 0 Å². The standard InChI is InChI=1S/C12H13N3O2.C6H13NO2/c16-9-7-8(13-1-2-13)12(17)11(15-5-6-15)10(9)14-3-4-14;1-2-3-6(8)9-5-4-7/h7H,1-6H2;2-5,7H2,1H3. The molecule has 8 nitrogen and oxygen atoms in total. The number of allylic oxidation sites excluding steroid dienone is 1. The second-order valence-corrected chi connectivity index (χ2v) is 6.64. The highest BCUT2D eigenvalue weighted by Crippen LogP contribution is 2.33. The zero-order chi connectivity index (χ0) is 18.7. The smallest absolute Gasteiger partial charge is 0.305 e. The van der Waals surface area contributed by atoms with Crippen LogP contribution in [0.15, 0.2) is 23.2 Å². The van der Waals surface area contributed by atoms with Gasteiger partial charge in [0.15, 0.2) is 0 Å². The first-order valence-corrected chi connectivity index (χ1v) is 9.22. The molecular formula is C18H26N4O4. The Morgan fingerprint density at radius 1 is 1.04 bits per heavy atom. The van der Waals surface area contributed by atoms with Gasteiger partial charge in [0.1, 0.15) is 18.0 Å². The molecule has 0 aromatic heterocycles. The van der Waals surface area contributed by atoms with Gasteiger partial charge in [0.2, 0.25) is 11.6 Å². The molecule has 0 spiro atoms. The molecule has 0 saturated carbocycles. The van der Waals surface area contributed by atoms with E-state index < -0.39 is 0 Å². The fourth-order valence-electron chi connectivity index (χ4n) is 2.72. The first kappa shape index (κ1) is 18.4. The summed E-state index contributed by atoms with van der Waals surface area (Å²) < 4.78 is 4.67. The molecule has 3 fully saturated rings. The highest BCUT2D eigenvalue weighted by Gasteiger charge is 2.43. The molecule has 0 atom stereocenters. The molecule has 1 aliphatic carbocycles. The van der Waals surface area contributed by atoms with E-state index in [0.29, 0.717) is 36.7 Å². The Bertz CT molecular complexity index is 658. The van der Waals surface area contributed by atoms with Gasteiger partial charge in [-0.3, -0.25) is 14.4 Å². The van der Waals surface area contributed by atoms with Crippen molar-refractivity contribution >= 4 is 17.5 Å². The van der Waals surface area contributed by atoms with Gasteiger partial charge in [-0.15, -0.1) is 0 Å². The number of hydrogen-bond donors (Lipinski definition) is 1. The first-order chi connectivity index (χ1) is 12.6. The first-order valence-electron chi connectivity index (χ1n) is 9.22. The molecule has 3 aliphatic heterocycles. The number of carbonyl (C=O) groups is 3. The molecular weight excluding hydrogens is 336 g/mol. The Kier molecular flexibility index (Phi) is 5.61. The summed E-state index contributed by atoms with van der Waals surface area (Å²) in [6.07, 6.45) is 2.86. The zero-order valence-corrected chi connectivity index (χ0v) is 15.2. The van der Waals surface area contributed by atoms with Crippen LogP contribution in [0.5, 0.6) is 0 Å². The van der Waals surface area contributed by atoms with Crippen LogP contribution in [-0.4, -0.2) is 84.7 Å². The van der Waals surface area contributed by atoms with Crippen LogP contribution in [0.25, 0.3) is 0 Å². The maximum Gasteiger partial charge on any atom is 0.305 e. The molecule has 26 heavy (non-hydrogen) atoms. The van der Waals surface area contributed by atoms with E-state index in [-0.39, 0.29) is 17.5 Å². The van der Waals surface area contributed by atoms with Crippen molar-refractivity contribution in [2.24, 2.45) is 5.73 Å². The van der Waals surface area contributed by atoms with Gasteiger partial charge in [-0.05, 0) is 6.42 Å². The molecule has 0 unspecified atom stereocenters. The molecule has 3 saturated heterocycles. The second-order valence-electron chi connectivity index (χ2n) is 6.64. The van der Waals surface area contributed by atoms with E-state index in [1.54, 1.807) is 0 Å². The van der Waals surface area contributed by atoms with Gasteiger partial charge in [-0.25, -0.2) is 0 Å². The van der Waals surface area contributed by atoms with E-state index in [2.05, 4.69) is 4.74 Å². The molecule has 0 radical (unpaired) electrons. The number of hydrogen-bond acceptors (Lipinski definition) is 8. The van der Waals surface area contributed by atoms with Gasteiger partial charge >= 0.3 is 5.97 Å². The average Bonchev–Trinajstić information content (AvgIpc) is 3.49. The van der Waals surface area contributed by atoms with E-state index in [0.717, 1.165) is 45.7 Å². The summed E-state index contributed by atoms with van der Waals surface area (Å²) in [7, 11) is 0. The van der Waals surface area contributed by atoms with Gasteiger partial charge in [-0.1, -0.05) is 6.92 Å². The highest BCUT2D eigenvalue weighted by atomic mass is 16.5. The Morgan fingerprint density at radius 2 is 1.62 bits per heavy atom. The van der Waals surface area contributed by atoms with Crippen LogP contribution in [0.3, 0.4) is 0 Å². The van der Waals surface area contributed by atoms with E-state index in [4.69, 9.17) is 5.73 Å². The van der Waals surface area contributed by atoms with Crippen molar-refractivity contribution in [2.45, 2.75) is 19.8 Å². The van der Waals surface area contributed by atoms with E-state index >= 15 is 0 Å². The van der Waals surface area contributed by atoms with Gasteiger partial charge in [0.05, 0.1) is 5.70 Å². The third kappa shape index (κ3) is 4.43. The van der Waals surface area contributed by atoms with Gasteiger partial charge in [0.25, 0.3) is 0 Å². The minimum absolute atomic E-state index is 0.00546. The van der Waals surface area contributed by atoms with Crippen molar-refractivity contribution in [1.82, 2.24) is 14.7 Å². The lowest BCUT2D eigenvalue weighted by molar-refractivity contribution is -0.143. The number of Topliss-reactive ketones (excluding diaryl/α,β-unsaturated/α-hetero) is 1. The number of ether oxygens (including phenoxy) is 1. The monoisotopic (exact) mass is 362 g/mol. The second kappa shape index (κ2) is 7.90. The van der Waals surface area contributed by atoms with E-state index in [1.807, 2.05) is 21.6 Å². The molecule has 0 bridgehead atoms. The van der Waals surface area contributed by atoms with Gasteiger partial charge < -0.3 is 25.2 Å². The fourth-order valence-corrected chi connectivity index (χ4v) is 2.72. The Hall–Kier alpha value is -2.35. The molecule has 2 N–H and O–H groups in total. The molecule has 8 heteroatoms. The van der Waals surface area contributed by atoms with Crippen molar-refractivity contribution in [3.8, 4) is 0 Å². The molecule has 3 heterocycles. The summed E-state index contributed by atoms with van der Waals surface area (Å²) in [4.78, 5) is 41.0. The summed E-state index contributed by atoms with van der Waals surface area (Å²) in [5.74, 6) is -0.102. The minimum atomic E-state index is -0.150. The van der Waals surface area contributed by atoms with Crippen LogP contribution in [-0.2, 0) is 19.1 Å². The van der Waals surface area contributed by atoms with Crippen LogP contribution in [0.2, 0.25) is 0 Å². The van der Waals surface area contributed by atoms with E-state index in [9.17, 15) is 14.4 Å². The highest BCUT2D eigenvalue weighted by molar-refractivity contribution is 6.22.